The monoisotopic (exact) mass is 713 g/mol. The summed E-state index contributed by atoms with van der Waals surface area (Å²) < 4.78 is 47.4. The highest BCUT2D eigenvalue weighted by Gasteiger charge is 2.36. The second-order valence-corrected chi connectivity index (χ2v) is 11.5. The molecule has 0 unspecified atom stereocenters. The fourth-order valence-corrected chi connectivity index (χ4v) is 5.93. The number of hydrogen-bond donors (Lipinski definition) is 2. The maximum atomic E-state index is 14.1. The Morgan fingerprint density at radius 3 is 2.19 bits per heavy atom. The van der Waals surface area contributed by atoms with E-state index in [0.29, 0.717) is 23.7 Å². The van der Waals surface area contributed by atoms with Crippen LogP contribution in [0.2, 0.25) is 0 Å². The van der Waals surface area contributed by atoms with Crippen LogP contribution in [-0.2, 0) is 9.59 Å². The fraction of sp³-hybridized carbons (Fsp3) is 0.353. The Balaban J connectivity index is 1.88. The van der Waals surface area contributed by atoms with Gasteiger partial charge in [-0.3, -0.25) is 19.2 Å². The maximum Gasteiger partial charge on any atom is 0.257 e. The predicted molar refractivity (Wildman–Crippen MR) is 181 cm³/mol. The van der Waals surface area contributed by atoms with Crippen molar-refractivity contribution in [2.75, 3.05) is 52.0 Å². The minimum absolute atomic E-state index is 0.0276. The van der Waals surface area contributed by atoms with Gasteiger partial charge in [0.05, 0.1) is 54.7 Å². The highest BCUT2D eigenvalue weighted by molar-refractivity contribution is 9.10. The van der Waals surface area contributed by atoms with Gasteiger partial charge in [-0.1, -0.05) is 6.07 Å². The summed E-state index contributed by atoms with van der Waals surface area (Å²) in [4.78, 5) is 56.7. The first kappa shape index (κ1) is 30.9. The quantitative estimate of drug-likeness (QED) is 0.255. The van der Waals surface area contributed by atoms with Gasteiger partial charge in [0.15, 0.2) is 17.2 Å². The number of hydrogen-bond acceptors (Lipinski definition) is 8. The molecule has 0 aliphatic carbocycles. The number of fused-ring (bicyclic) bond motifs is 1. The number of carbonyl (C=O) groups is 4. The van der Waals surface area contributed by atoms with Crippen LogP contribution in [0.1, 0.15) is 56.2 Å². The van der Waals surface area contributed by atoms with Gasteiger partial charge in [0.25, 0.3) is 11.8 Å². The third kappa shape index (κ3) is 7.30. The number of methoxy groups -OCH3 is 3. The molecule has 0 fully saturated rings. The highest BCUT2D eigenvalue weighted by Crippen LogP contribution is 2.45. The molecule has 0 aromatic heterocycles. The molecular formula is C34H39BrN4O8. The number of rotatable bonds is 11. The smallest absolute Gasteiger partial charge is 0.257 e. The number of nitrogens with zero attached hydrogens (tertiary/aromatic N) is 2. The van der Waals surface area contributed by atoms with Crippen molar-refractivity contribution in [3.05, 3.63) is 63.1 Å². The van der Waals surface area contributed by atoms with E-state index in [4.69, 9.17) is 23.1 Å². The zero-order valence-corrected chi connectivity index (χ0v) is 28.8. The van der Waals surface area contributed by atoms with Gasteiger partial charge >= 0.3 is 0 Å². The molecule has 0 spiro atoms. The Morgan fingerprint density at radius 1 is 0.957 bits per heavy atom. The van der Waals surface area contributed by atoms with E-state index < -0.39 is 43.1 Å². The summed E-state index contributed by atoms with van der Waals surface area (Å²) in [6, 6.07) is 7.75. The Bertz CT molecular complexity index is 1810. The van der Waals surface area contributed by atoms with Crippen LogP contribution >= 0.6 is 15.9 Å². The van der Waals surface area contributed by atoms with Crippen molar-refractivity contribution in [1.29, 1.82) is 0 Å². The lowest BCUT2D eigenvalue weighted by atomic mass is 10.1. The molecule has 2 N–H and O–H groups in total. The Labute approximate surface area is 286 Å². The molecule has 0 saturated heterocycles. The number of anilines is 2. The molecule has 0 radical (unpaired) electrons. The first-order valence-electron chi connectivity index (χ1n) is 16.2. The molecule has 1 aliphatic rings. The third-order valence-corrected chi connectivity index (χ3v) is 8.40. The molecule has 0 saturated carbocycles. The molecular weight excluding hydrogens is 672 g/mol. The second-order valence-electron chi connectivity index (χ2n) is 10.7. The average molecular weight is 715 g/mol. The van der Waals surface area contributed by atoms with E-state index in [2.05, 4.69) is 26.6 Å². The molecule has 1 aliphatic heterocycles. The van der Waals surface area contributed by atoms with E-state index in [0.717, 1.165) is 11.1 Å². The Morgan fingerprint density at radius 2 is 1.62 bits per heavy atom. The summed E-state index contributed by atoms with van der Waals surface area (Å²) >= 11 is 3.41. The van der Waals surface area contributed by atoms with Crippen LogP contribution in [0.5, 0.6) is 28.7 Å². The van der Waals surface area contributed by atoms with E-state index in [1.807, 2.05) is 19.9 Å². The van der Waals surface area contributed by atoms with E-state index in [1.165, 1.54) is 44.4 Å². The molecule has 12 nitrogen and oxygen atoms in total. The van der Waals surface area contributed by atoms with Gasteiger partial charge in [0.2, 0.25) is 17.6 Å². The number of likely N-dealkylation sites (N-methyl/N-ethyl adjacent to an activating group) is 1. The first-order chi connectivity index (χ1) is 23.6. The Hall–Kier alpha value is -4.78. The summed E-state index contributed by atoms with van der Waals surface area (Å²) in [7, 11) is 4.23. The van der Waals surface area contributed by atoms with Gasteiger partial charge in [0, 0.05) is 24.2 Å². The van der Waals surface area contributed by atoms with Crippen LogP contribution in [0.15, 0.2) is 40.9 Å². The van der Waals surface area contributed by atoms with E-state index in [9.17, 15) is 19.2 Å². The van der Waals surface area contributed by atoms with Gasteiger partial charge in [-0.15, -0.1) is 0 Å². The van der Waals surface area contributed by atoms with Gasteiger partial charge in [-0.05, 0) is 85.1 Å². The van der Waals surface area contributed by atoms with Crippen molar-refractivity contribution in [2.45, 2.75) is 40.2 Å². The normalized spacial score (nSPS) is 15.3. The molecule has 4 amide bonds. The van der Waals surface area contributed by atoms with Crippen molar-refractivity contribution in [3.8, 4) is 28.7 Å². The van der Waals surface area contributed by atoms with E-state index in [-0.39, 0.29) is 50.0 Å². The fourth-order valence-electron chi connectivity index (χ4n) is 5.30. The van der Waals surface area contributed by atoms with Crippen molar-refractivity contribution in [1.82, 2.24) is 9.80 Å². The van der Waals surface area contributed by atoms with Gasteiger partial charge in [-0.2, -0.15) is 0 Å². The number of aryl methyl sites for hydroxylation is 2. The van der Waals surface area contributed by atoms with Crippen molar-refractivity contribution < 1.29 is 42.2 Å². The van der Waals surface area contributed by atoms with Crippen LogP contribution in [0.3, 0.4) is 0 Å². The number of ether oxygens (including phenoxy) is 4. The summed E-state index contributed by atoms with van der Waals surface area (Å²) in [5, 5.41) is 5.39. The van der Waals surface area contributed by atoms with Crippen LogP contribution in [0, 0.1) is 13.8 Å². The zero-order chi connectivity index (χ0) is 37.1. The highest BCUT2D eigenvalue weighted by atomic mass is 79.9. The maximum absolute atomic E-state index is 14.1. The number of halogens is 1. The molecule has 1 atom stereocenters. The van der Waals surface area contributed by atoms with Crippen LogP contribution in [-0.4, -0.2) is 80.9 Å². The number of amides is 4. The third-order valence-electron chi connectivity index (χ3n) is 7.61. The van der Waals surface area contributed by atoms with Crippen molar-refractivity contribution in [2.24, 2.45) is 0 Å². The lowest BCUT2D eigenvalue weighted by molar-refractivity contribution is -0.134. The van der Waals surface area contributed by atoms with E-state index in [1.54, 1.807) is 26.0 Å². The summed E-state index contributed by atoms with van der Waals surface area (Å²) in [6.07, 6.45) is -0.559. The largest absolute Gasteiger partial charge is 0.493 e. The summed E-state index contributed by atoms with van der Waals surface area (Å²) in [5.74, 6) is -2.10. The number of benzene rings is 3. The van der Waals surface area contributed by atoms with Gasteiger partial charge in [0.1, 0.15) is 11.8 Å². The van der Waals surface area contributed by atoms with Gasteiger partial charge < -0.3 is 39.4 Å². The molecule has 250 valence electrons. The Kier molecular flexibility index (Phi) is 9.69. The molecule has 3 aromatic carbocycles. The second kappa shape index (κ2) is 14.8. The van der Waals surface area contributed by atoms with Crippen LogP contribution in [0.25, 0.3) is 0 Å². The van der Waals surface area contributed by atoms with Crippen LogP contribution < -0.4 is 29.6 Å². The van der Waals surface area contributed by atoms with Crippen molar-refractivity contribution in [3.63, 3.8) is 0 Å². The standard InChI is InChI=1S/C34H39BrN4O8/c1-9-39(10-2)28(40)17-25-33(42)36-23-16-24(37-32(41)22-15-27(44-6)30(45-7)31(46-8)29(22)35)26(14-21(23)34(43)38(25)5)47-20-12-18(3)11-19(4)13-20/h11-16,25H,9-10,17H2,1-8H3,(H,36,42)(H,37,41)/t25-/m0/s1/i5D3. The minimum atomic E-state index is -3.09. The van der Waals surface area contributed by atoms with Crippen molar-refractivity contribution >= 4 is 50.9 Å². The van der Waals surface area contributed by atoms with Crippen LogP contribution in [0.4, 0.5) is 11.4 Å². The first-order valence-corrected chi connectivity index (χ1v) is 15.5. The SMILES string of the molecule is [2H]C([2H])([2H])N1C(=O)c2cc(Oc3cc(C)cc(C)c3)c(NC(=O)c3cc(OC)c(OC)c(OC)c3Br)cc2NC(=O)[C@@H]1CC(=O)N(CC)CC. The number of nitrogens with one attached hydrogen (secondary N) is 2. The lowest BCUT2D eigenvalue weighted by Gasteiger charge is -2.27. The molecule has 4 rings (SSSR count). The summed E-state index contributed by atoms with van der Waals surface area (Å²) in [5.41, 5.74) is 1.53. The predicted octanol–water partition coefficient (Wildman–Crippen LogP) is 5.79. The lowest BCUT2D eigenvalue weighted by Crippen LogP contribution is -2.46. The number of carbonyl (C=O) groups excluding carboxylic acids is 4. The molecule has 47 heavy (non-hydrogen) atoms. The van der Waals surface area contributed by atoms with E-state index >= 15 is 0 Å². The average Bonchev–Trinajstić information content (AvgIpc) is 3.13. The minimum Gasteiger partial charge on any atom is -0.493 e. The molecule has 13 heteroatoms. The molecule has 1 heterocycles. The topological polar surface area (TPSA) is 136 Å². The van der Waals surface area contributed by atoms with Gasteiger partial charge in [-0.25, -0.2) is 0 Å². The molecule has 3 aromatic rings. The summed E-state index contributed by atoms with van der Waals surface area (Å²) in [6.45, 7) is 4.81. The molecule has 0 bridgehead atoms. The zero-order valence-electron chi connectivity index (χ0n) is 30.2.